The summed E-state index contributed by atoms with van der Waals surface area (Å²) in [5, 5.41) is 14.6. The highest BCUT2D eigenvalue weighted by Gasteiger charge is 2.66. The molecule has 2 aromatic rings. The average molecular weight is 414 g/mol. The molecule has 3 N–H and O–H groups in total. The number of hydrogen-bond donors (Lipinski definition) is 3. The summed E-state index contributed by atoms with van der Waals surface area (Å²) in [5.41, 5.74) is -3.36. The molecule has 11 heteroatoms. The first kappa shape index (κ1) is 18.6. The van der Waals surface area contributed by atoms with E-state index in [2.05, 4.69) is 5.32 Å². The van der Waals surface area contributed by atoms with Crippen molar-refractivity contribution in [1.29, 1.82) is 0 Å². The van der Waals surface area contributed by atoms with Gasteiger partial charge in [0.15, 0.2) is 22.4 Å². The Balaban J connectivity index is 1.84. The molecule has 0 unspecified atom stereocenters. The van der Waals surface area contributed by atoms with E-state index in [1.807, 2.05) is 5.32 Å². The van der Waals surface area contributed by atoms with Gasteiger partial charge in [0.05, 0.1) is 12.3 Å². The van der Waals surface area contributed by atoms with Crippen molar-refractivity contribution in [3.63, 3.8) is 0 Å². The van der Waals surface area contributed by atoms with Gasteiger partial charge in [-0.15, -0.1) is 0 Å². The van der Waals surface area contributed by atoms with E-state index in [-0.39, 0.29) is 18.1 Å². The molecule has 148 valence electrons. The van der Waals surface area contributed by atoms with Crippen LogP contribution in [0.15, 0.2) is 41.0 Å². The Hall–Kier alpha value is -2.79. The fourth-order valence-electron chi connectivity index (χ4n) is 3.30. The van der Waals surface area contributed by atoms with Crippen molar-refractivity contribution >= 4 is 23.1 Å². The number of ether oxygens (including phenoxy) is 2. The van der Waals surface area contributed by atoms with Crippen LogP contribution in [0, 0.1) is 5.92 Å². The summed E-state index contributed by atoms with van der Waals surface area (Å²) in [5.74, 6) is -2.68. The summed E-state index contributed by atoms with van der Waals surface area (Å²) in [7, 11) is 0. The number of aliphatic hydroxyl groups is 1. The quantitative estimate of drug-likeness (QED) is 0.521. The first-order chi connectivity index (χ1) is 13.2. The number of nitrogens with one attached hydrogen (secondary N) is 2. The van der Waals surface area contributed by atoms with E-state index in [1.54, 1.807) is 0 Å². The summed E-state index contributed by atoms with van der Waals surface area (Å²) in [6.07, 6.45) is -4.05. The maximum atomic E-state index is 13.8. The summed E-state index contributed by atoms with van der Waals surface area (Å²) in [6, 6.07) is 5.69. The molecule has 2 aliphatic heterocycles. The van der Waals surface area contributed by atoms with Crippen molar-refractivity contribution in [1.82, 2.24) is 10.6 Å². The van der Waals surface area contributed by atoms with Gasteiger partial charge in [0, 0.05) is 0 Å². The van der Waals surface area contributed by atoms with Crippen LogP contribution in [0.25, 0.3) is 0 Å². The second-order valence-electron chi connectivity index (χ2n) is 6.27. The second kappa shape index (κ2) is 6.38. The molecule has 1 fully saturated rings. The maximum absolute atomic E-state index is 13.8. The summed E-state index contributed by atoms with van der Waals surface area (Å²) in [4.78, 5) is 12.9. The van der Waals surface area contributed by atoms with E-state index >= 15 is 0 Å². The van der Waals surface area contributed by atoms with Crippen molar-refractivity contribution in [2.45, 2.75) is 17.9 Å². The lowest BCUT2D eigenvalue weighted by Gasteiger charge is -2.46. The Morgan fingerprint density at radius 3 is 2.68 bits per heavy atom. The lowest BCUT2D eigenvalue weighted by atomic mass is 9.78. The maximum Gasteiger partial charge on any atom is 0.437 e. The predicted octanol–water partition coefficient (Wildman–Crippen LogP) is 2.28. The Morgan fingerprint density at radius 1 is 1.25 bits per heavy atom. The highest BCUT2D eigenvalue weighted by atomic mass is 32.1. The molecule has 0 saturated carbocycles. The van der Waals surface area contributed by atoms with Crippen LogP contribution in [0.3, 0.4) is 0 Å². The molecule has 2 aliphatic rings. The second-order valence-corrected chi connectivity index (χ2v) is 6.68. The Morgan fingerprint density at radius 2 is 2.00 bits per heavy atom. The van der Waals surface area contributed by atoms with Gasteiger partial charge in [0.2, 0.25) is 18.3 Å². The third-order valence-electron chi connectivity index (χ3n) is 4.61. The van der Waals surface area contributed by atoms with Crippen molar-refractivity contribution in [3.8, 4) is 11.5 Å². The molecule has 0 bridgehead atoms. The van der Waals surface area contributed by atoms with Crippen LogP contribution in [-0.4, -0.2) is 34.7 Å². The molecule has 3 heterocycles. The van der Waals surface area contributed by atoms with Crippen LogP contribution in [0.4, 0.5) is 13.2 Å². The monoisotopic (exact) mass is 414 g/mol. The van der Waals surface area contributed by atoms with Gasteiger partial charge in [-0.05, 0) is 42.0 Å². The van der Waals surface area contributed by atoms with E-state index in [1.165, 1.54) is 30.3 Å². The number of carbonyl (C=O) groups is 1. The minimum Gasteiger partial charge on any atom is -0.461 e. The number of Topliss-reactive ketones (excluding diaryl/α,β-unsaturated/α-hetero) is 1. The van der Waals surface area contributed by atoms with E-state index in [4.69, 9.17) is 26.1 Å². The number of alkyl halides is 3. The van der Waals surface area contributed by atoms with E-state index in [0.717, 1.165) is 6.26 Å². The zero-order valence-electron chi connectivity index (χ0n) is 13.9. The van der Waals surface area contributed by atoms with Gasteiger partial charge < -0.3 is 29.6 Å². The molecule has 0 amide bonds. The van der Waals surface area contributed by atoms with Gasteiger partial charge in [0.25, 0.3) is 0 Å². The van der Waals surface area contributed by atoms with Crippen molar-refractivity contribution in [2.75, 3.05) is 6.79 Å². The summed E-state index contributed by atoms with van der Waals surface area (Å²) < 4.78 is 56.9. The first-order valence-electron chi connectivity index (χ1n) is 8.06. The molecule has 0 aliphatic carbocycles. The Labute approximate surface area is 161 Å². The normalized spacial score (nSPS) is 26.5. The highest BCUT2D eigenvalue weighted by molar-refractivity contribution is 7.80. The largest absolute Gasteiger partial charge is 0.461 e. The van der Waals surface area contributed by atoms with Crippen LogP contribution < -0.4 is 20.1 Å². The van der Waals surface area contributed by atoms with Crippen molar-refractivity contribution in [3.05, 3.63) is 47.9 Å². The summed E-state index contributed by atoms with van der Waals surface area (Å²) in [6.45, 7) is -0.0297. The number of ketones is 1. The van der Waals surface area contributed by atoms with Crippen LogP contribution in [-0.2, 0) is 0 Å². The van der Waals surface area contributed by atoms with Gasteiger partial charge in [-0.3, -0.25) is 4.79 Å². The van der Waals surface area contributed by atoms with Crippen LogP contribution in [0.5, 0.6) is 11.5 Å². The SMILES string of the molecule is O=C(c1ccco1)[C@@H]1[C@@H](c2ccc3c(c2)OCO3)NC(=S)N[C@@]1(O)C(F)(F)F. The molecule has 3 atom stereocenters. The molecule has 1 saturated heterocycles. The van der Waals surface area contributed by atoms with Crippen LogP contribution in [0.2, 0.25) is 0 Å². The molecule has 1 aromatic heterocycles. The average Bonchev–Trinajstić information content (AvgIpc) is 3.30. The van der Waals surface area contributed by atoms with Gasteiger partial charge in [-0.25, -0.2) is 0 Å². The van der Waals surface area contributed by atoms with Crippen LogP contribution >= 0.6 is 12.2 Å². The molecule has 1 aromatic carbocycles. The van der Waals surface area contributed by atoms with E-state index < -0.39 is 34.8 Å². The molecule has 7 nitrogen and oxygen atoms in total. The fraction of sp³-hybridized carbons (Fsp3) is 0.294. The standard InChI is InChI=1S/C17H13F3N2O5S/c18-17(19,20)16(24)12(14(23)10-2-1-5-25-10)13(21-15(28)22-16)8-3-4-9-11(6-8)27-7-26-9/h1-6,12-13,24H,7H2,(H2,21,22,28)/t12-,13+,16-/m0/s1. The van der Waals surface area contributed by atoms with Gasteiger partial charge in [-0.2, -0.15) is 13.2 Å². The minimum absolute atomic E-state index is 0.0297. The molecular formula is C17H13F3N2O5S. The van der Waals surface area contributed by atoms with E-state index in [0.29, 0.717) is 11.5 Å². The molecule has 0 spiro atoms. The van der Waals surface area contributed by atoms with Crippen molar-refractivity contribution in [2.24, 2.45) is 5.92 Å². The number of halogens is 3. The van der Waals surface area contributed by atoms with Crippen LogP contribution in [0.1, 0.15) is 22.2 Å². The number of fused-ring (bicyclic) bond motifs is 1. The zero-order chi connectivity index (χ0) is 20.1. The topological polar surface area (TPSA) is 93.0 Å². The molecular weight excluding hydrogens is 401 g/mol. The number of thiocarbonyl (C=S) groups is 1. The number of hydrogen-bond acceptors (Lipinski definition) is 6. The number of rotatable bonds is 3. The highest BCUT2D eigenvalue weighted by Crippen LogP contribution is 2.45. The lowest BCUT2D eigenvalue weighted by Crippen LogP contribution is -2.72. The van der Waals surface area contributed by atoms with Gasteiger partial charge in [-0.1, -0.05) is 6.07 Å². The van der Waals surface area contributed by atoms with Crippen molar-refractivity contribution < 1.29 is 37.0 Å². The van der Waals surface area contributed by atoms with Gasteiger partial charge >= 0.3 is 6.18 Å². The number of furan rings is 1. The third-order valence-corrected chi connectivity index (χ3v) is 4.83. The third kappa shape index (κ3) is 2.87. The molecule has 0 radical (unpaired) electrons. The van der Waals surface area contributed by atoms with E-state index in [9.17, 15) is 23.1 Å². The lowest BCUT2D eigenvalue weighted by molar-refractivity contribution is -0.285. The summed E-state index contributed by atoms with van der Waals surface area (Å²) >= 11 is 4.87. The number of carbonyl (C=O) groups excluding carboxylic acids is 1. The molecule has 28 heavy (non-hydrogen) atoms. The van der Waals surface area contributed by atoms with Gasteiger partial charge in [0.1, 0.15) is 5.92 Å². The number of benzene rings is 1. The predicted molar refractivity (Wildman–Crippen MR) is 91.7 cm³/mol. The molecule has 4 rings (SSSR count). The minimum atomic E-state index is -5.21. The zero-order valence-corrected chi connectivity index (χ0v) is 14.8. The Kier molecular flexibility index (Phi) is 4.23. The first-order valence-corrected chi connectivity index (χ1v) is 8.46. The Bertz CT molecular complexity index is 933. The smallest absolute Gasteiger partial charge is 0.437 e. The fourth-order valence-corrected chi connectivity index (χ4v) is 3.58.